The molecule has 4 heteroatoms. The van der Waals surface area contributed by atoms with Gasteiger partial charge in [-0.2, -0.15) is 0 Å². The number of pyridine rings is 1. The first-order valence-electron chi connectivity index (χ1n) is 4.38. The van der Waals surface area contributed by atoms with Crippen LogP contribution in [0, 0.1) is 0 Å². The number of carbonyl (C=O) groups excluding carboxylic acids is 2. The molecule has 4 nitrogen and oxygen atoms in total. The number of nitrogens with one attached hydrogen (secondary N) is 1. The summed E-state index contributed by atoms with van der Waals surface area (Å²) >= 11 is 0. The summed E-state index contributed by atoms with van der Waals surface area (Å²) in [6, 6.07) is 3.29. The van der Waals surface area contributed by atoms with E-state index in [1.807, 2.05) is 0 Å². The molecule has 1 aromatic rings. The standard InChI is InChI=1S/C10H12N2O2/c1-11-10(14)3-2-9(13)8-4-6-12-7-5-8/h4-7H,2-3H2,1H3,(H,11,14). The van der Waals surface area contributed by atoms with Gasteiger partial charge in [0.1, 0.15) is 0 Å². The van der Waals surface area contributed by atoms with Gasteiger partial charge in [0.15, 0.2) is 5.78 Å². The summed E-state index contributed by atoms with van der Waals surface area (Å²) in [4.78, 5) is 26.1. The highest BCUT2D eigenvalue weighted by molar-refractivity contribution is 5.97. The zero-order valence-corrected chi connectivity index (χ0v) is 7.99. The molecule has 0 fully saturated rings. The average molecular weight is 192 g/mol. The molecule has 0 saturated carbocycles. The molecule has 0 bridgehead atoms. The predicted octanol–water partition coefficient (Wildman–Crippen LogP) is 0.790. The van der Waals surface area contributed by atoms with Crippen LogP contribution in [0.25, 0.3) is 0 Å². The first kappa shape index (κ1) is 10.4. The molecule has 74 valence electrons. The van der Waals surface area contributed by atoms with Gasteiger partial charge in [0.2, 0.25) is 5.91 Å². The van der Waals surface area contributed by atoms with E-state index in [-0.39, 0.29) is 24.5 Å². The molecular formula is C10H12N2O2. The Labute approximate surface area is 82.3 Å². The first-order chi connectivity index (χ1) is 6.74. The summed E-state index contributed by atoms with van der Waals surface area (Å²) in [6.07, 6.45) is 3.60. The maximum Gasteiger partial charge on any atom is 0.220 e. The lowest BCUT2D eigenvalue weighted by Crippen LogP contribution is -2.18. The predicted molar refractivity (Wildman–Crippen MR) is 51.9 cm³/mol. The highest BCUT2D eigenvalue weighted by atomic mass is 16.2. The van der Waals surface area contributed by atoms with E-state index in [1.165, 1.54) is 0 Å². The zero-order chi connectivity index (χ0) is 10.4. The van der Waals surface area contributed by atoms with E-state index >= 15 is 0 Å². The van der Waals surface area contributed by atoms with E-state index in [9.17, 15) is 9.59 Å². The van der Waals surface area contributed by atoms with Crippen molar-refractivity contribution in [3.8, 4) is 0 Å². The Morgan fingerprint density at radius 2 is 1.93 bits per heavy atom. The number of hydrogen-bond acceptors (Lipinski definition) is 3. The number of amides is 1. The van der Waals surface area contributed by atoms with Gasteiger partial charge in [-0.25, -0.2) is 0 Å². The molecule has 0 saturated heterocycles. The number of nitrogens with zero attached hydrogens (tertiary/aromatic N) is 1. The fraction of sp³-hybridized carbons (Fsp3) is 0.300. The van der Waals surface area contributed by atoms with Crippen LogP contribution in [0.5, 0.6) is 0 Å². The summed E-state index contributed by atoms with van der Waals surface area (Å²) in [5.74, 6) is -0.150. The van der Waals surface area contributed by atoms with Crippen molar-refractivity contribution in [3.05, 3.63) is 30.1 Å². The van der Waals surface area contributed by atoms with Gasteiger partial charge in [0, 0.05) is 37.8 Å². The largest absolute Gasteiger partial charge is 0.359 e. The minimum Gasteiger partial charge on any atom is -0.359 e. The van der Waals surface area contributed by atoms with E-state index in [0.29, 0.717) is 5.56 Å². The van der Waals surface area contributed by atoms with Crippen LogP contribution in [0.3, 0.4) is 0 Å². The van der Waals surface area contributed by atoms with Gasteiger partial charge >= 0.3 is 0 Å². The van der Waals surface area contributed by atoms with Crippen LogP contribution in [0.1, 0.15) is 23.2 Å². The Morgan fingerprint density at radius 1 is 1.29 bits per heavy atom. The van der Waals surface area contributed by atoms with Crippen LogP contribution >= 0.6 is 0 Å². The SMILES string of the molecule is CNC(=O)CCC(=O)c1ccncc1. The van der Waals surface area contributed by atoms with E-state index in [1.54, 1.807) is 31.6 Å². The van der Waals surface area contributed by atoms with Crippen molar-refractivity contribution in [3.63, 3.8) is 0 Å². The van der Waals surface area contributed by atoms with E-state index < -0.39 is 0 Å². The van der Waals surface area contributed by atoms with Crippen LogP contribution in [-0.4, -0.2) is 23.7 Å². The number of hydrogen-bond donors (Lipinski definition) is 1. The Hall–Kier alpha value is -1.71. The molecule has 0 unspecified atom stereocenters. The molecule has 0 radical (unpaired) electrons. The van der Waals surface area contributed by atoms with Crippen LogP contribution in [0.4, 0.5) is 0 Å². The third-order valence-corrected chi connectivity index (χ3v) is 1.86. The Balaban J connectivity index is 2.48. The molecule has 1 amide bonds. The Morgan fingerprint density at radius 3 is 2.50 bits per heavy atom. The summed E-state index contributed by atoms with van der Waals surface area (Å²) in [6.45, 7) is 0. The second kappa shape index (κ2) is 5.11. The summed E-state index contributed by atoms with van der Waals surface area (Å²) in [5, 5.41) is 2.47. The molecule has 0 aromatic carbocycles. The number of carbonyl (C=O) groups is 2. The topological polar surface area (TPSA) is 59.1 Å². The fourth-order valence-corrected chi connectivity index (χ4v) is 1.03. The van der Waals surface area contributed by atoms with Crippen LogP contribution in [0.15, 0.2) is 24.5 Å². The lowest BCUT2D eigenvalue weighted by Gasteiger charge is -1.99. The van der Waals surface area contributed by atoms with Crippen molar-refractivity contribution in [1.82, 2.24) is 10.3 Å². The third kappa shape index (κ3) is 2.97. The molecular weight excluding hydrogens is 180 g/mol. The maximum atomic E-state index is 11.5. The van der Waals surface area contributed by atoms with Crippen LogP contribution in [0.2, 0.25) is 0 Å². The molecule has 1 aromatic heterocycles. The van der Waals surface area contributed by atoms with Gasteiger partial charge in [-0.15, -0.1) is 0 Å². The van der Waals surface area contributed by atoms with E-state index in [4.69, 9.17) is 0 Å². The molecule has 0 aliphatic rings. The summed E-state index contributed by atoms with van der Waals surface area (Å²) in [5.41, 5.74) is 0.601. The lowest BCUT2D eigenvalue weighted by atomic mass is 10.1. The fourth-order valence-electron chi connectivity index (χ4n) is 1.03. The molecule has 1 heterocycles. The van der Waals surface area contributed by atoms with Crippen molar-refractivity contribution in [2.45, 2.75) is 12.8 Å². The first-order valence-corrected chi connectivity index (χ1v) is 4.38. The van der Waals surface area contributed by atoms with Crippen molar-refractivity contribution in [2.24, 2.45) is 0 Å². The third-order valence-electron chi connectivity index (χ3n) is 1.86. The van der Waals surface area contributed by atoms with E-state index in [2.05, 4.69) is 10.3 Å². The smallest absolute Gasteiger partial charge is 0.220 e. The van der Waals surface area contributed by atoms with Gasteiger partial charge in [0.05, 0.1) is 0 Å². The number of Topliss-reactive ketones (excluding diaryl/α,β-unsaturated/α-hetero) is 1. The van der Waals surface area contributed by atoms with Crippen LogP contribution in [-0.2, 0) is 4.79 Å². The summed E-state index contributed by atoms with van der Waals surface area (Å²) in [7, 11) is 1.55. The molecule has 0 spiro atoms. The minimum atomic E-state index is -0.118. The molecule has 14 heavy (non-hydrogen) atoms. The highest BCUT2D eigenvalue weighted by Gasteiger charge is 2.07. The van der Waals surface area contributed by atoms with Gasteiger partial charge in [-0.05, 0) is 12.1 Å². The van der Waals surface area contributed by atoms with Gasteiger partial charge in [-0.3, -0.25) is 14.6 Å². The minimum absolute atomic E-state index is 0.0315. The monoisotopic (exact) mass is 192 g/mol. The van der Waals surface area contributed by atoms with Crippen molar-refractivity contribution in [1.29, 1.82) is 0 Å². The molecule has 1 N–H and O–H groups in total. The number of ketones is 1. The summed E-state index contributed by atoms with van der Waals surface area (Å²) < 4.78 is 0. The Bertz CT molecular complexity index is 322. The van der Waals surface area contributed by atoms with Gasteiger partial charge in [0.25, 0.3) is 0 Å². The highest BCUT2D eigenvalue weighted by Crippen LogP contribution is 2.03. The second-order valence-corrected chi connectivity index (χ2v) is 2.83. The number of aromatic nitrogens is 1. The molecule has 0 aliphatic heterocycles. The van der Waals surface area contributed by atoms with Crippen LogP contribution < -0.4 is 5.32 Å². The van der Waals surface area contributed by atoms with Crippen molar-refractivity contribution in [2.75, 3.05) is 7.05 Å². The molecule has 0 aliphatic carbocycles. The van der Waals surface area contributed by atoms with E-state index in [0.717, 1.165) is 0 Å². The average Bonchev–Trinajstić information content (AvgIpc) is 2.26. The van der Waals surface area contributed by atoms with Crippen molar-refractivity contribution < 1.29 is 9.59 Å². The number of rotatable bonds is 4. The zero-order valence-electron chi connectivity index (χ0n) is 7.99. The van der Waals surface area contributed by atoms with Gasteiger partial charge < -0.3 is 5.32 Å². The maximum absolute atomic E-state index is 11.5. The van der Waals surface area contributed by atoms with Gasteiger partial charge in [-0.1, -0.05) is 0 Å². The quantitative estimate of drug-likeness (QED) is 0.717. The second-order valence-electron chi connectivity index (χ2n) is 2.83. The molecule has 0 atom stereocenters. The molecule has 1 rings (SSSR count). The normalized spacial score (nSPS) is 9.50. The Kier molecular flexibility index (Phi) is 3.79. The lowest BCUT2D eigenvalue weighted by molar-refractivity contribution is -0.120. The van der Waals surface area contributed by atoms with Crippen molar-refractivity contribution >= 4 is 11.7 Å².